The molecule has 0 bridgehead atoms. The lowest BCUT2D eigenvalue weighted by Crippen LogP contribution is -2.31. The van der Waals surface area contributed by atoms with Crippen LogP contribution in [0.25, 0.3) is 0 Å². The molecule has 0 heterocycles. The number of nitrogens with one attached hydrogen (secondary N) is 4. The van der Waals surface area contributed by atoms with Gasteiger partial charge in [-0.05, 0) is 67.8 Å². The highest BCUT2D eigenvalue weighted by Crippen LogP contribution is 2.15. The minimum absolute atomic E-state index is 0.0153. The van der Waals surface area contributed by atoms with Crippen LogP contribution in [0.5, 0.6) is 0 Å². The second kappa shape index (κ2) is 11.7. The predicted octanol–water partition coefficient (Wildman–Crippen LogP) is 4.25. The van der Waals surface area contributed by atoms with E-state index >= 15 is 0 Å². The Labute approximate surface area is 184 Å². The zero-order chi connectivity index (χ0) is 22.8. The molecule has 3 amide bonds. The van der Waals surface area contributed by atoms with Gasteiger partial charge in [0.25, 0.3) is 5.91 Å². The van der Waals surface area contributed by atoms with Gasteiger partial charge in [-0.25, -0.2) is 0 Å². The van der Waals surface area contributed by atoms with Crippen molar-refractivity contribution < 1.29 is 14.4 Å². The van der Waals surface area contributed by atoms with Crippen molar-refractivity contribution in [3.05, 3.63) is 54.1 Å². The van der Waals surface area contributed by atoms with Gasteiger partial charge in [-0.1, -0.05) is 20.8 Å². The molecule has 0 aliphatic carbocycles. The quantitative estimate of drug-likeness (QED) is 0.458. The Hall–Kier alpha value is -3.35. The molecular weight excluding hydrogens is 392 g/mol. The third kappa shape index (κ3) is 8.50. The number of carbonyl (C=O) groups is 3. The van der Waals surface area contributed by atoms with Gasteiger partial charge < -0.3 is 21.3 Å². The Morgan fingerprint density at radius 1 is 0.774 bits per heavy atom. The molecule has 0 saturated heterocycles. The van der Waals surface area contributed by atoms with Gasteiger partial charge in [0.2, 0.25) is 11.8 Å². The molecule has 7 heteroatoms. The van der Waals surface area contributed by atoms with E-state index in [-0.39, 0.29) is 30.3 Å². The fraction of sp³-hybridized carbons (Fsp3) is 0.375. The zero-order valence-electron chi connectivity index (χ0n) is 18.6. The number of benzene rings is 2. The number of anilines is 3. The molecular formula is C24H32N4O3. The Balaban J connectivity index is 1.80. The number of hydrogen-bond acceptors (Lipinski definition) is 4. The molecule has 0 saturated carbocycles. The van der Waals surface area contributed by atoms with Crippen LogP contribution in [0.4, 0.5) is 17.1 Å². The lowest BCUT2D eigenvalue weighted by Gasteiger charge is -2.12. The van der Waals surface area contributed by atoms with Crippen LogP contribution in [0.3, 0.4) is 0 Å². The molecule has 0 aliphatic heterocycles. The highest BCUT2D eigenvalue weighted by molar-refractivity contribution is 5.97. The molecule has 7 nitrogen and oxygen atoms in total. The van der Waals surface area contributed by atoms with E-state index in [1.807, 2.05) is 39.8 Å². The molecule has 1 atom stereocenters. The van der Waals surface area contributed by atoms with Crippen LogP contribution in [0, 0.1) is 5.92 Å². The van der Waals surface area contributed by atoms with Gasteiger partial charge in [0.1, 0.15) is 0 Å². The van der Waals surface area contributed by atoms with Crippen molar-refractivity contribution in [2.24, 2.45) is 5.92 Å². The smallest absolute Gasteiger partial charge is 0.251 e. The summed E-state index contributed by atoms with van der Waals surface area (Å²) in [6.45, 7) is 8.05. The van der Waals surface area contributed by atoms with Crippen molar-refractivity contribution in [1.82, 2.24) is 5.32 Å². The summed E-state index contributed by atoms with van der Waals surface area (Å²) in [4.78, 5) is 36.1. The summed E-state index contributed by atoms with van der Waals surface area (Å²) >= 11 is 0. The SMILES string of the molecule is CCC(C)NC(=O)c1ccc(NC(=O)CNc2ccc(NC(=O)CC(C)C)cc2)cc1. The van der Waals surface area contributed by atoms with Crippen molar-refractivity contribution in [3.8, 4) is 0 Å². The Bertz CT molecular complexity index is 877. The normalized spacial score (nSPS) is 11.5. The van der Waals surface area contributed by atoms with E-state index in [1.54, 1.807) is 36.4 Å². The van der Waals surface area contributed by atoms with Gasteiger partial charge in [0.15, 0.2) is 0 Å². The van der Waals surface area contributed by atoms with Gasteiger partial charge in [-0.2, -0.15) is 0 Å². The number of amides is 3. The number of carbonyl (C=O) groups excluding carboxylic acids is 3. The molecule has 31 heavy (non-hydrogen) atoms. The molecule has 4 N–H and O–H groups in total. The van der Waals surface area contributed by atoms with Gasteiger partial charge >= 0.3 is 0 Å². The summed E-state index contributed by atoms with van der Waals surface area (Å²) in [6, 6.07) is 14.1. The standard InChI is InChI=1S/C24H32N4O3/c1-5-17(4)26-24(31)18-6-8-20(9-7-18)28-23(30)15-25-19-10-12-21(13-11-19)27-22(29)14-16(2)3/h6-13,16-17,25H,5,14-15H2,1-4H3,(H,26,31)(H,27,29)(H,28,30). The largest absolute Gasteiger partial charge is 0.376 e. The monoisotopic (exact) mass is 424 g/mol. The Morgan fingerprint density at radius 3 is 1.84 bits per heavy atom. The van der Waals surface area contributed by atoms with Crippen molar-refractivity contribution in [2.75, 3.05) is 22.5 Å². The maximum Gasteiger partial charge on any atom is 0.251 e. The summed E-state index contributed by atoms with van der Waals surface area (Å²) in [7, 11) is 0. The molecule has 2 aromatic carbocycles. The first-order chi connectivity index (χ1) is 14.8. The lowest BCUT2D eigenvalue weighted by molar-refractivity contribution is -0.117. The minimum Gasteiger partial charge on any atom is -0.376 e. The molecule has 1 unspecified atom stereocenters. The van der Waals surface area contributed by atoms with Crippen LogP contribution in [-0.2, 0) is 9.59 Å². The van der Waals surface area contributed by atoms with Crippen molar-refractivity contribution in [1.29, 1.82) is 0 Å². The fourth-order valence-corrected chi connectivity index (χ4v) is 2.76. The van der Waals surface area contributed by atoms with Crippen LogP contribution in [-0.4, -0.2) is 30.3 Å². The second-order valence-corrected chi connectivity index (χ2v) is 7.99. The highest BCUT2D eigenvalue weighted by Gasteiger charge is 2.09. The summed E-state index contributed by atoms with van der Waals surface area (Å²) in [5, 5.41) is 11.6. The van der Waals surface area contributed by atoms with Crippen molar-refractivity contribution in [3.63, 3.8) is 0 Å². The van der Waals surface area contributed by atoms with Crippen LogP contribution < -0.4 is 21.3 Å². The van der Waals surface area contributed by atoms with Crippen LogP contribution >= 0.6 is 0 Å². The molecule has 2 rings (SSSR count). The second-order valence-electron chi connectivity index (χ2n) is 7.99. The topological polar surface area (TPSA) is 99.3 Å². The van der Waals surface area contributed by atoms with Gasteiger partial charge in [0.05, 0.1) is 6.54 Å². The third-order valence-corrected chi connectivity index (χ3v) is 4.64. The molecule has 2 aromatic rings. The maximum absolute atomic E-state index is 12.2. The average molecular weight is 425 g/mol. The first kappa shape index (κ1) is 23.9. The summed E-state index contributed by atoms with van der Waals surface area (Å²) in [5.41, 5.74) is 2.67. The van der Waals surface area contributed by atoms with Crippen LogP contribution in [0.1, 0.15) is 50.9 Å². The molecule has 0 aliphatic rings. The Kier molecular flexibility index (Phi) is 9.06. The zero-order valence-corrected chi connectivity index (χ0v) is 18.6. The van der Waals surface area contributed by atoms with Crippen LogP contribution in [0.15, 0.2) is 48.5 Å². The molecule has 0 aromatic heterocycles. The summed E-state index contributed by atoms with van der Waals surface area (Å²) in [6.07, 6.45) is 1.34. The van der Waals surface area contributed by atoms with E-state index in [0.29, 0.717) is 23.6 Å². The van der Waals surface area contributed by atoms with E-state index in [2.05, 4.69) is 21.3 Å². The fourth-order valence-electron chi connectivity index (χ4n) is 2.76. The van der Waals surface area contributed by atoms with E-state index in [0.717, 1.165) is 17.8 Å². The minimum atomic E-state index is -0.203. The maximum atomic E-state index is 12.2. The summed E-state index contributed by atoms with van der Waals surface area (Å²) in [5.74, 6) is -0.0418. The van der Waals surface area contributed by atoms with Crippen LogP contribution in [0.2, 0.25) is 0 Å². The first-order valence-corrected chi connectivity index (χ1v) is 10.6. The number of hydrogen-bond donors (Lipinski definition) is 4. The lowest BCUT2D eigenvalue weighted by atomic mass is 10.1. The van der Waals surface area contributed by atoms with E-state index in [4.69, 9.17) is 0 Å². The highest BCUT2D eigenvalue weighted by atomic mass is 16.2. The van der Waals surface area contributed by atoms with Crippen molar-refractivity contribution >= 4 is 34.8 Å². The average Bonchev–Trinajstić information content (AvgIpc) is 2.73. The van der Waals surface area contributed by atoms with Gasteiger partial charge in [-0.15, -0.1) is 0 Å². The third-order valence-electron chi connectivity index (χ3n) is 4.64. The van der Waals surface area contributed by atoms with E-state index in [1.165, 1.54) is 0 Å². The summed E-state index contributed by atoms with van der Waals surface area (Å²) < 4.78 is 0. The van der Waals surface area contributed by atoms with Gasteiger partial charge in [-0.3, -0.25) is 14.4 Å². The van der Waals surface area contributed by atoms with Gasteiger partial charge in [0, 0.05) is 35.1 Å². The van der Waals surface area contributed by atoms with E-state index < -0.39 is 0 Å². The molecule has 166 valence electrons. The number of rotatable bonds is 10. The molecule has 0 fully saturated rings. The first-order valence-electron chi connectivity index (χ1n) is 10.6. The molecule has 0 spiro atoms. The predicted molar refractivity (Wildman–Crippen MR) is 125 cm³/mol. The van der Waals surface area contributed by atoms with Crippen molar-refractivity contribution in [2.45, 2.75) is 46.6 Å². The molecule has 0 radical (unpaired) electrons. The Morgan fingerprint density at radius 2 is 1.29 bits per heavy atom. The van der Waals surface area contributed by atoms with E-state index in [9.17, 15) is 14.4 Å².